The van der Waals surface area contributed by atoms with Gasteiger partial charge in [0.2, 0.25) is 0 Å². The molecule has 158 valence electrons. The van der Waals surface area contributed by atoms with E-state index in [1.807, 2.05) is 37.3 Å². The number of hydrogen-bond donors (Lipinski definition) is 1. The number of aryl methyl sites for hydroxylation is 1. The Kier molecular flexibility index (Phi) is 5.99. The van der Waals surface area contributed by atoms with E-state index in [9.17, 15) is 13.6 Å². The van der Waals surface area contributed by atoms with Gasteiger partial charge in [0.05, 0.1) is 22.7 Å². The minimum atomic E-state index is -2.53. The predicted molar refractivity (Wildman–Crippen MR) is 119 cm³/mol. The summed E-state index contributed by atoms with van der Waals surface area (Å²) in [5.74, 6) is 0.484. The van der Waals surface area contributed by atoms with Crippen molar-refractivity contribution in [1.29, 1.82) is 0 Å². The standard InChI is InChI=1S/C23H20F2N4OS/c1-14(15-7-6-8-16(11-15)21(24)25)27-22-18-12-20(31-17-9-4-3-5-10-17)23(30)29(2)19(18)13-26-28-22/h3-14,21H,1-2H3,(H,27,28)/t14-/m1/s1. The summed E-state index contributed by atoms with van der Waals surface area (Å²) in [7, 11) is 1.70. The normalized spacial score (nSPS) is 12.3. The fourth-order valence-corrected chi connectivity index (χ4v) is 4.26. The molecule has 4 rings (SSSR count). The van der Waals surface area contributed by atoms with Gasteiger partial charge < -0.3 is 9.88 Å². The van der Waals surface area contributed by atoms with Crippen molar-refractivity contribution < 1.29 is 8.78 Å². The summed E-state index contributed by atoms with van der Waals surface area (Å²) >= 11 is 1.38. The lowest BCUT2D eigenvalue weighted by Crippen LogP contribution is -2.20. The van der Waals surface area contributed by atoms with Gasteiger partial charge in [-0.05, 0) is 36.8 Å². The smallest absolute Gasteiger partial charge is 0.264 e. The lowest BCUT2D eigenvalue weighted by Gasteiger charge is -2.18. The fourth-order valence-electron chi connectivity index (χ4n) is 3.31. The average molecular weight is 439 g/mol. The Hall–Kier alpha value is -3.26. The van der Waals surface area contributed by atoms with E-state index in [1.54, 1.807) is 36.0 Å². The van der Waals surface area contributed by atoms with Gasteiger partial charge in [0, 0.05) is 22.9 Å². The van der Waals surface area contributed by atoms with E-state index in [2.05, 4.69) is 15.5 Å². The molecular weight excluding hydrogens is 418 g/mol. The summed E-state index contributed by atoms with van der Waals surface area (Å²) < 4.78 is 27.7. The van der Waals surface area contributed by atoms with Crippen molar-refractivity contribution in [1.82, 2.24) is 14.8 Å². The SMILES string of the molecule is C[C@@H](Nc1nncc2c1cc(Sc1ccccc1)c(=O)n2C)c1cccc(C(F)F)c1. The van der Waals surface area contributed by atoms with Crippen LogP contribution in [0.4, 0.5) is 14.6 Å². The van der Waals surface area contributed by atoms with Crippen LogP contribution in [0.1, 0.15) is 30.5 Å². The number of hydrogen-bond acceptors (Lipinski definition) is 5. The van der Waals surface area contributed by atoms with Gasteiger partial charge in [0.25, 0.3) is 12.0 Å². The molecule has 0 aliphatic heterocycles. The molecule has 2 aromatic heterocycles. The maximum absolute atomic E-state index is 13.1. The molecule has 0 fully saturated rings. The van der Waals surface area contributed by atoms with Gasteiger partial charge >= 0.3 is 0 Å². The third-order valence-corrected chi connectivity index (χ3v) is 6.03. The molecular formula is C23H20F2N4OS. The highest BCUT2D eigenvalue weighted by atomic mass is 32.2. The number of anilines is 1. The minimum absolute atomic E-state index is 0.0286. The third kappa shape index (κ3) is 4.44. The highest BCUT2D eigenvalue weighted by Gasteiger charge is 2.16. The molecule has 0 spiro atoms. The molecule has 8 heteroatoms. The lowest BCUT2D eigenvalue weighted by molar-refractivity contribution is 0.151. The topological polar surface area (TPSA) is 59.8 Å². The van der Waals surface area contributed by atoms with Crippen molar-refractivity contribution in [3.05, 3.63) is 88.3 Å². The molecule has 0 amide bonds. The van der Waals surface area contributed by atoms with Crippen LogP contribution in [0, 0.1) is 0 Å². The quantitative estimate of drug-likeness (QED) is 0.425. The number of nitrogens with one attached hydrogen (secondary N) is 1. The Morgan fingerprint density at radius 1 is 1.03 bits per heavy atom. The Bertz CT molecular complexity index is 1280. The number of alkyl halides is 2. The maximum Gasteiger partial charge on any atom is 0.264 e. The molecule has 2 aromatic carbocycles. The van der Waals surface area contributed by atoms with Gasteiger partial charge in [-0.3, -0.25) is 4.79 Å². The summed E-state index contributed by atoms with van der Waals surface area (Å²) in [6.45, 7) is 1.87. The summed E-state index contributed by atoms with van der Waals surface area (Å²) in [5.41, 5.74) is 1.19. The molecule has 0 aliphatic rings. The van der Waals surface area contributed by atoms with E-state index in [-0.39, 0.29) is 17.2 Å². The minimum Gasteiger partial charge on any atom is -0.361 e. The zero-order valence-corrected chi connectivity index (χ0v) is 17.7. The molecule has 0 radical (unpaired) electrons. The summed E-state index contributed by atoms with van der Waals surface area (Å²) in [4.78, 5) is 14.4. The average Bonchev–Trinajstić information content (AvgIpc) is 2.78. The van der Waals surface area contributed by atoms with Gasteiger partial charge in [0.1, 0.15) is 0 Å². The van der Waals surface area contributed by atoms with Crippen LogP contribution in [-0.2, 0) is 7.05 Å². The van der Waals surface area contributed by atoms with Crippen molar-refractivity contribution in [2.75, 3.05) is 5.32 Å². The fraction of sp³-hybridized carbons (Fsp3) is 0.174. The van der Waals surface area contributed by atoms with Crippen LogP contribution in [-0.4, -0.2) is 14.8 Å². The number of aromatic nitrogens is 3. The van der Waals surface area contributed by atoms with Crippen molar-refractivity contribution in [3.8, 4) is 0 Å². The van der Waals surface area contributed by atoms with Crippen LogP contribution in [0.25, 0.3) is 10.9 Å². The lowest BCUT2D eigenvalue weighted by atomic mass is 10.1. The molecule has 0 bridgehead atoms. The van der Waals surface area contributed by atoms with Crippen LogP contribution in [0.3, 0.4) is 0 Å². The highest BCUT2D eigenvalue weighted by Crippen LogP contribution is 2.30. The number of fused-ring (bicyclic) bond motifs is 1. The molecule has 5 nitrogen and oxygen atoms in total. The van der Waals surface area contributed by atoms with Gasteiger partial charge in [-0.2, -0.15) is 5.10 Å². The molecule has 0 saturated carbocycles. The van der Waals surface area contributed by atoms with Crippen LogP contribution in [0.15, 0.2) is 81.4 Å². The van der Waals surface area contributed by atoms with E-state index < -0.39 is 6.43 Å². The van der Waals surface area contributed by atoms with E-state index in [0.29, 0.717) is 21.8 Å². The summed E-state index contributed by atoms with van der Waals surface area (Å²) in [6, 6.07) is 17.4. The number of pyridine rings is 1. The van der Waals surface area contributed by atoms with E-state index in [0.717, 1.165) is 10.3 Å². The summed E-state index contributed by atoms with van der Waals surface area (Å²) in [5, 5.41) is 12.2. The first kappa shape index (κ1) is 21.0. The predicted octanol–water partition coefficient (Wildman–Crippen LogP) is 5.59. The Morgan fingerprint density at radius 2 is 1.77 bits per heavy atom. The third-order valence-electron chi connectivity index (χ3n) is 5.01. The number of halogens is 2. The zero-order valence-electron chi connectivity index (χ0n) is 16.9. The van der Waals surface area contributed by atoms with E-state index in [1.165, 1.54) is 23.9 Å². The maximum atomic E-state index is 13.1. The Balaban J connectivity index is 1.73. The first-order chi connectivity index (χ1) is 14.9. The second-order valence-electron chi connectivity index (χ2n) is 7.12. The number of nitrogens with zero attached hydrogens (tertiary/aromatic N) is 3. The zero-order chi connectivity index (χ0) is 22.0. The van der Waals surface area contributed by atoms with Crippen molar-refractivity contribution in [2.45, 2.75) is 29.2 Å². The van der Waals surface area contributed by atoms with Crippen LogP contribution < -0.4 is 10.9 Å². The van der Waals surface area contributed by atoms with Gasteiger partial charge in [-0.1, -0.05) is 48.2 Å². The second-order valence-corrected chi connectivity index (χ2v) is 8.23. The molecule has 4 aromatic rings. The van der Waals surface area contributed by atoms with Gasteiger partial charge in [-0.15, -0.1) is 5.10 Å². The first-order valence-electron chi connectivity index (χ1n) is 9.67. The summed E-state index contributed by atoms with van der Waals surface area (Å²) in [6.07, 6.45) is -0.988. The molecule has 1 N–H and O–H groups in total. The molecule has 0 aliphatic carbocycles. The van der Waals surface area contributed by atoms with Crippen molar-refractivity contribution in [3.63, 3.8) is 0 Å². The van der Waals surface area contributed by atoms with Gasteiger partial charge in [-0.25, -0.2) is 8.78 Å². The van der Waals surface area contributed by atoms with Crippen LogP contribution >= 0.6 is 11.8 Å². The van der Waals surface area contributed by atoms with E-state index in [4.69, 9.17) is 0 Å². The number of rotatable bonds is 6. The monoisotopic (exact) mass is 438 g/mol. The molecule has 0 saturated heterocycles. The molecule has 2 heterocycles. The largest absolute Gasteiger partial charge is 0.361 e. The van der Waals surface area contributed by atoms with E-state index >= 15 is 0 Å². The first-order valence-corrected chi connectivity index (χ1v) is 10.5. The molecule has 1 atom stereocenters. The number of benzene rings is 2. The van der Waals surface area contributed by atoms with Crippen molar-refractivity contribution >= 4 is 28.5 Å². The van der Waals surface area contributed by atoms with Crippen LogP contribution in [0.5, 0.6) is 0 Å². The highest BCUT2D eigenvalue weighted by molar-refractivity contribution is 7.99. The van der Waals surface area contributed by atoms with Crippen molar-refractivity contribution in [2.24, 2.45) is 7.05 Å². The Morgan fingerprint density at radius 3 is 2.52 bits per heavy atom. The van der Waals surface area contributed by atoms with Gasteiger partial charge in [0.15, 0.2) is 5.82 Å². The van der Waals surface area contributed by atoms with Crippen LogP contribution in [0.2, 0.25) is 0 Å². The Labute approximate surface area is 182 Å². The second kappa shape index (κ2) is 8.85. The molecule has 31 heavy (non-hydrogen) atoms. The molecule has 0 unspecified atom stereocenters.